The predicted molar refractivity (Wildman–Crippen MR) is 43.2 cm³/mol. The van der Waals surface area contributed by atoms with Gasteiger partial charge < -0.3 is 5.84 Å². The Morgan fingerprint density at radius 1 is 1.55 bits per heavy atom. The normalized spacial score (nSPS) is 10.7. The summed E-state index contributed by atoms with van der Waals surface area (Å²) >= 11 is 5.58. The summed E-state index contributed by atoms with van der Waals surface area (Å²) in [6.45, 7) is 0. The molecule has 2 N–H and O–H groups in total. The van der Waals surface area contributed by atoms with Gasteiger partial charge in [0, 0.05) is 10.6 Å². The largest absolute Gasteiger partial charge is 0.323 e. The maximum atomic E-state index is 12.8. The van der Waals surface area contributed by atoms with Crippen LogP contribution in [0.25, 0.3) is 0 Å². The minimum atomic E-state index is -0.386. The molecule has 1 aromatic carbocycles. The van der Waals surface area contributed by atoms with Crippen molar-refractivity contribution in [3.05, 3.63) is 34.6 Å². The lowest BCUT2D eigenvalue weighted by atomic mass is 10.2. The first kappa shape index (κ1) is 8.01. The SMILES string of the molecule is NN=Cc1cc(Cl)ccc1F. The van der Waals surface area contributed by atoms with E-state index in [2.05, 4.69) is 5.10 Å². The van der Waals surface area contributed by atoms with E-state index in [4.69, 9.17) is 17.4 Å². The standard InChI is InChI=1S/C7H6ClFN2/c8-6-1-2-7(9)5(3-6)4-11-10/h1-4H,10H2. The van der Waals surface area contributed by atoms with Crippen molar-refractivity contribution in [1.29, 1.82) is 0 Å². The van der Waals surface area contributed by atoms with Crippen LogP contribution < -0.4 is 5.84 Å². The second kappa shape index (κ2) is 3.34. The molecule has 1 aromatic rings. The van der Waals surface area contributed by atoms with E-state index >= 15 is 0 Å². The van der Waals surface area contributed by atoms with Crippen LogP contribution in [-0.4, -0.2) is 6.21 Å². The Balaban J connectivity index is 3.12. The van der Waals surface area contributed by atoms with Crippen LogP contribution >= 0.6 is 11.6 Å². The van der Waals surface area contributed by atoms with Crippen molar-refractivity contribution < 1.29 is 4.39 Å². The van der Waals surface area contributed by atoms with Crippen LogP contribution in [0.5, 0.6) is 0 Å². The molecule has 0 spiro atoms. The number of nitrogens with two attached hydrogens (primary N) is 1. The molecule has 0 amide bonds. The van der Waals surface area contributed by atoms with Crippen molar-refractivity contribution in [2.75, 3.05) is 0 Å². The zero-order chi connectivity index (χ0) is 8.27. The molecule has 0 fully saturated rings. The molecule has 0 aliphatic rings. The van der Waals surface area contributed by atoms with Crippen molar-refractivity contribution >= 4 is 17.8 Å². The topological polar surface area (TPSA) is 38.4 Å². The molecule has 0 atom stereocenters. The Morgan fingerprint density at radius 2 is 2.27 bits per heavy atom. The summed E-state index contributed by atoms with van der Waals surface area (Å²) in [5.41, 5.74) is 0.292. The molecule has 0 aliphatic heterocycles. The molecule has 1 rings (SSSR count). The Kier molecular flexibility index (Phi) is 2.44. The van der Waals surface area contributed by atoms with Gasteiger partial charge in [0.15, 0.2) is 0 Å². The Labute approximate surface area is 68.5 Å². The molecule has 0 unspecified atom stereocenters. The third-order valence-corrected chi connectivity index (χ3v) is 1.41. The van der Waals surface area contributed by atoms with Crippen LogP contribution in [0.1, 0.15) is 5.56 Å². The van der Waals surface area contributed by atoms with Crippen LogP contribution in [-0.2, 0) is 0 Å². The fraction of sp³-hybridized carbons (Fsp3) is 0. The lowest BCUT2D eigenvalue weighted by Crippen LogP contribution is -1.90. The highest BCUT2D eigenvalue weighted by Gasteiger charge is 1.98. The third kappa shape index (κ3) is 1.91. The molecule has 0 radical (unpaired) electrons. The van der Waals surface area contributed by atoms with E-state index in [1.54, 1.807) is 0 Å². The maximum Gasteiger partial charge on any atom is 0.132 e. The molecule has 0 saturated heterocycles. The van der Waals surface area contributed by atoms with Crippen LogP contribution in [0.2, 0.25) is 5.02 Å². The average molecular weight is 173 g/mol. The molecule has 11 heavy (non-hydrogen) atoms. The fourth-order valence-electron chi connectivity index (χ4n) is 0.694. The number of hydrogen-bond donors (Lipinski definition) is 1. The van der Waals surface area contributed by atoms with E-state index in [1.165, 1.54) is 24.4 Å². The number of rotatable bonds is 1. The molecule has 0 saturated carbocycles. The second-order valence-electron chi connectivity index (χ2n) is 1.94. The van der Waals surface area contributed by atoms with Gasteiger partial charge in [-0.25, -0.2) is 4.39 Å². The number of nitrogens with zero attached hydrogens (tertiary/aromatic N) is 1. The summed E-state index contributed by atoms with van der Waals surface area (Å²) < 4.78 is 12.8. The van der Waals surface area contributed by atoms with E-state index in [0.717, 1.165) is 0 Å². The van der Waals surface area contributed by atoms with Crippen LogP contribution in [0.3, 0.4) is 0 Å². The summed E-state index contributed by atoms with van der Waals surface area (Å²) in [7, 11) is 0. The van der Waals surface area contributed by atoms with Crippen LogP contribution in [0, 0.1) is 5.82 Å². The second-order valence-corrected chi connectivity index (χ2v) is 2.38. The van der Waals surface area contributed by atoms with Gasteiger partial charge in [0.05, 0.1) is 6.21 Å². The minimum absolute atomic E-state index is 0.292. The third-order valence-electron chi connectivity index (χ3n) is 1.17. The Bertz CT molecular complexity index is 286. The zero-order valence-electron chi connectivity index (χ0n) is 5.59. The Morgan fingerprint density at radius 3 is 2.91 bits per heavy atom. The van der Waals surface area contributed by atoms with Gasteiger partial charge >= 0.3 is 0 Å². The number of hydrogen-bond acceptors (Lipinski definition) is 2. The predicted octanol–water partition coefficient (Wildman–Crippen LogP) is 1.77. The molecule has 2 nitrogen and oxygen atoms in total. The highest BCUT2D eigenvalue weighted by molar-refractivity contribution is 6.30. The maximum absolute atomic E-state index is 12.8. The average Bonchev–Trinajstić information content (AvgIpc) is 1.98. The van der Waals surface area contributed by atoms with Gasteiger partial charge in [-0.3, -0.25) is 0 Å². The first-order valence-corrected chi connectivity index (χ1v) is 3.30. The van der Waals surface area contributed by atoms with Crippen molar-refractivity contribution in [3.63, 3.8) is 0 Å². The first-order chi connectivity index (χ1) is 5.24. The summed E-state index contributed by atoms with van der Waals surface area (Å²) in [6, 6.07) is 4.18. The summed E-state index contributed by atoms with van der Waals surface area (Å²) in [5.74, 6) is 4.45. The molecule has 0 aromatic heterocycles. The highest BCUT2D eigenvalue weighted by Crippen LogP contribution is 2.12. The van der Waals surface area contributed by atoms with E-state index in [1.807, 2.05) is 0 Å². The van der Waals surface area contributed by atoms with E-state index in [-0.39, 0.29) is 5.82 Å². The van der Waals surface area contributed by atoms with Gasteiger partial charge in [-0.1, -0.05) is 11.6 Å². The lowest BCUT2D eigenvalue weighted by molar-refractivity contribution is 0.626. The molecule has 0 aliphatic carbocycles. The molecule has 58 valence electrons. The van der Waals surface area contributed by atoms with Gasteiger partial charge in [-0.05, 0) is 18.2 Å². The molecule has 0 heterocycles. The number of hydrazone groups is 1. The van der Waals surface area contributed by atoms with Gasteiger partial charge in [0.25, 0.3) is 0 Å². The smallest absolute Gasteiger partial charge is 0.132 e. The van der Waals surface area contributed by atoms with Gasteiger partial charge in [0.1, 0.15) is 5.82 Å². The van der Waals surface area contributed by atoms with Gasteiger partial charge in [0.2, 0.25) is 0 Å². The summed E-state index contributed by atoms with van der Waals surface area (Å²) in [5, 5.41) is 3.64. The lowest BCUT2D eigenvalue weighted by Gasteiger charge is -1.94. The first-order valence-electron chi connectivity index (χ1n) is 2.92. The number of halogens is 2. The monoisotopic (exact) mass is 172 g/mol. The van der Waals surface area contributed by atoms with Gasteiger partial charge in [-0.15, -0.1) is 0 Å². The van der Waals surface area contributed by atoms with Crippen LogP contribution in [0.4, 0.5) is 4.39 Å². The summed E-state index contributed by atoms with van der Waals surface area (Å²) in [6.07, 6.45) is 1.21. The van der Waals surface area contributed by atoms with Crippen molar-refractivity contribution in [2.24, 2.45) is 10.9 Å². The Hall–Kier alpha value is -1.09. The number of benzene rings is 1. The van der Waals surface area contributed by atoms with Crippen molar-refractivity contribution in [1.82, 2.24) is 0 Å². The van der Waals surface area contributed by atoms with E-state index in [9.17, 15) is 4.39 Å². The summed E-state index contributed by atoms with van der Waals surface area (Å²) in [4.78, 5) is 0. The fourth-order valence-corrected chi connectivity index (χ4v) is 0.874. The molecular weight excluding hydrogens is 167 g/mol. The van der Waals surface area contributed by atoms with Gasteiger partial charge in [-0.2, -0.15) is 5.10 Å². The highest BCUT2D eigenvalue weighted by atomic mass is 35.5. The zero-order valence-corrected chi connectivity index (χ0v) is 6.35. The quantitative estimate of drug-likeness (QED) is 0.391. The van der Waals surface area contributed by atoms with E-state index in [0.29, 0.717) is 10.6 Å². The molecular formula is C7H6ClFN2. The van der Waals surface area contributed by atoms with Crippen molar-refractivity contribution in [2.45, 2.75) is 0 Å². The van der Waals surface area contributed by atoms with Crippen LogP contribution in [0.15, 0.2) is 23.3 Å². The van der Waals surface area contributed by atoms with Crippen molar-refractivity contribution in [3.8, 4) is 0 Å². The minimum Gasteiger partial charge on any atom is -0.323 e. The van der Waals surface area contributed by atoms with E-state index < -0.39 is 0 Å². The molecule has 4 heteroatoms. The molecule has 0 bridgehead atoms.